The van der Waals surface area contributed by atoms with Crippen LogP contribution in [0.2, 0.25) is 0 Å². The molecule has 1 aliphatic rings. The van der Waals surface area contributed by atoms with Gasteiger partial charge in [0, 0.05) is 56.2 Å². The minimum Gasteiger partial charge on any atom is -0.492 e. The lowest BCUT2D eigenvalue weighted by Crippen LogP contribution is -2.56. The number of nitrogens with zero attached hydrogens (tertiary/aromatic N) is 2. The van der Waals surface area contributed by atoms with Crippen LogP contribution in [0.15, 0.2) is 54.6 Å². The number of nitriles is 1. The Hall–Kier alpha value is -6.55. The maximum Gasteiger partial charge on any atom is 0.252 e. The Morgan fingerprint density at radius 3 is 2.24 bits per heavy atom. The zero-order valence-electron chi connectivity index (χ0n) is 39.8. The van der Waals surface area contributed by atoms with Gasteiger partial charge in [0.05, 0.1) is 12.7 Å². The first-order chi connectivity index (χ1) is 32.8. The number of hydrogen-bond donors (Lipinski definition) is 8. The van der Waals surface area contributed by atoms with Gasteiger partial charge in [-0.2, -0.15) is 5.26 Å². The first-order valence-corrected chi connectivity index (χ1v) is 23.5. The molecule has 10 N–H and O–H groups in total. The minimum atomic E-state index is -1.46. The maximum absolute atomic E-state index is 14.9. The molecule has 4 atom stereocenters. The highest BCUT2D eigenvalue weighted by Gasteiger charge is 2.36. The fraction of sp³-hybridized carbons (Fsp3) is 0.500. The number of aliphatic hydroxyl groups is 1. The van der Waals surface area contributed by atoms with E-state index in [1.54, 1.807) is 42.5 Å². The van der Waals surface area contributed by atoms with Crippen LogP contribution < -0.4 is 47.5 Å². The Labute approximate surface area is 399 Å². The number of nitrogens with two attached hydrogens (primary N) is 2. The fourth-order valence-corrected chi connectivity index (χ4v) is 8.00. The van der Waals surface area contributed by atoms with Crippen LogP contribution >= 0.6 is 0 Å². The van der Waals surface area contributed by atoms with E-state index < -0.39 is 59.6 Å². The molecule has 0 saturated carbocycles. The van der Waals surface area contributed by atoms with Crippen molar-refractivity contribution in [3.63, 3.8) is 0 Å². The summed E-state index contributed by atoms with van der Waals surface area (Å²) in [7, 11) is 1.39. The molecule has 6 amide bonds. The number of fused-ring (bicyclic) bond motifs is 5. The van der Waals surface area contributed by atoms with Gasteiger partial charge < -0.3 is 57.5 Å². The highest BCUT2D eigenvalue weighted by atomic mass is 16.5. The molecule has 0 radical (unpaired) electrons. The Morgan fingerprint density at radius 1 is 0.897 bits per heavy atom. The number of amides is 6. The van der Waals surface area contributed by atoms with Gasteiger partial charge in [-0.3, -0.25) is 28.8 Å². The average molecular weight is 940 g/mol. The van der Waals surface area contributed by atoms with E-state index in [-0.39, 0.29) is 70.8 Å². The van der Waals surface area contributed by atoms with Crippen molar-refractivity contribution in [3.8, 4) is 28.7 Å². The number of nitrogens with one attached hydrogen (secondary N) is 5. The Kier molecular flexibility index (Phi) is 22.2. The molecule has 368 valence electrons. The maximum atomic E-state index is 14.9. The number of hydrogen-bond acceptors (Lipinski definition) is 12. The van der Waals surface area contributed by atoms with E-state index >= 15 is 0 Å². The quantitative estimate of drug-likeness (QED) is 0.0476. The lowest BCUT2D eigenvalue weighted by Gasteiger charge is -2.33. The van der Waals surface area contributed by atoms with E-state index in [1.165, 1.54) is 39.7 Å². The van der Waals surface area contributed by atoms with E-state index in [2.05, 4.69) is 33.5 Å². The molecule has 0 spiro atoms. The van der Waals surface area contributed by atoms with Crippen LogP contribution in [-0.4, -0.2) is 117 Å². The molecule has 0 aliphatic carbocycles. The number of unbranched alkanes of at least 4 members (excludes halogenated alkanes) is 5. The van der Waals surface area contributed by atoms with Gasteiger partial charge in [0.25, 0.3) is 5.91 Å². The minimum absolute atomic E-state index is 0.0114. The average Bonchev–Trinajstić information content (AvgIpc) is 3.33. The lowest BCUT2D eigenvalue weighted by atomic mass is 9.93. The van der Waals surface area contributed by atoms with Crippen molar-refractivity contribution in [1.29, 1.82) is 5.26 Å². The van der Waals surface area contributed by atoms with Crippen molar-refractivity contribution >= 4 is 35.4 Å². The van der Waals surface area contributed by atoms with Crippen molar-refractivity contribution in [2.45, 2.75) is 109 Å². The summed E-state index contributed by atoms with van der Waals surface area (Å²) in [5.41, 5.74) is 15.6. The van der Waals surface area contributed by atoms with Crippen LogP contribution in [0.3, 0.4) is 0 Å². The molecule has 4 rings (SSSR count). The molecule has 1 heterocycles. The predicted octanol–water partition coefficient (Wildman–Crippen LogP) is 2.61. The van der Waals surface area contributed by atoms with Crippen LogP contribution in [0, 0.1) is 18.3 Å². The molecule has 4 unspecified atom stereocenters. The van der Waals surface area contributed by atoms with Crippen molar-refractivity contribution < 1.29 is 43.3 Å². The summed E-state index contributed by atoms with van der Waals surface area (Å²) in [5, 5.41) is 31.8. The number of aryl methyl sites for hydroxylation is 2. The van der Waals surface area contributed by atoms with Crippen LogP contribution in [0.4, 0.5) is 0 Å². The second kappa shape index (κ2) is 27.9. The normalized spacial score (nSPS) is 16.2. The van der Waals surface area contributed by atoms with Crippen LogP contribution in [-0.2, 0) is 36.8 Å². The third-order valence-corrected chi connectivity index (χ3v) is 11.6. The Bertz CT molecular complexity index is 2250. The number of ether oxygens (including phenoxy) is 2. The van der Waals surface area contributed by atoms with Crippen LogP contribution in [0.25, 0.3) is 11.1 Å². The first kappa shape index (κ1) is 54.1. The molecule has 3 aromatic carbocycles. The molecule has 3 aromatic rings. The van der Waals surface area contributed by atoms with E-state index in [9.17, 15) is 39.1 Å². The van der Waals surface area contributed by atoms with Gasteiger partial charge in [0.1, 0.15) is 55.4 Å². The van der Waals surface area contributed by atoms with E-state index in [1.807, 2.05) is 25.1 Å². The van der Waals surface area contributed by atoms with E-state index in [0.717, 1.165) is 29.7 Å². The Balaban J connectivity index is 1.81. The monoisotopic (exact) mass is 940 g/mol. The summed E-state index contributed by atoms with van der Waals surface area (Å²) in [5.74, 6) is -3.16. The standard InChI is InChI=1S/C50H69N9O9/c1-5-6-7-8-9-10-11-34-12-15-37(32(2)28-34)47(63)57-40(16-19-44(61)54-24-25-60)50(66)59(4)45-36-14-18-43(68-27-22-53)39(31-36)38-29-35(13-17-42(38)67-26-21-52)30-41(48(64)55-23-20-51)58-46(62)33(3)56-49(45)65/h12-15,17-18,28-29,31,33,40-41,45,60H,5-11,16,19,21-27,30,52-53H2,1-4H3,(H,54,61)(H,55,64)(H,56,65)(H,57,63)(H,58,62). The second-order valence-corrected chi connectivity index (χ2v) is 16.9. The summed E-state index contributed by atoms with van der Waals surface area (Å²) < 4.78 is 12.2. The predicted molar refractivity (Wildman–Crippen MR) is 257 cm³/mol. The van der Waals surface area contributed by atoms with Crippen LogP contribution in [0.5, 0.6) is 11.5 Å². The van der Waals surface area contributed by atoms with Gasteiger partial charge in [-0.25, -0.2) is 0 Å². The number of rotatable bonds is 24. The third kappa shape index (κ3) is 15.8. The fourth-order valence-electron chi connectivity index (χ4n) is 8.00. The number of carbonyl (C=O) groups is 6. The highest BCUT2D eigenvalue weighted by molar-refractivity contribution is 6.00. The first-order valence-electron chi connectivity index (χ1n) is 23.5. The topological polar surface area (TPSA) is 280 Å². The zero-order valence-corrected chi connectivity index (χ0v) is 39.8. The van der Waals surface area contributed by atoms with Gasteiger partial charge in [0.15, 0.2) is 0 Å². The van der Waals surface area contributed by atoms with Crippen LogP contribution in [0.1, 0.15) is 104 Å². The third-order valence-electron chi connectivity index (χ3n) is 11.6. The van der Waals surface area contributed by atoms with Crippen molar-refractivity contribution in [1.82, 2.24) is 31.5 Å². The van der Waals surface area contributed by atoms with Gasteiger partial charge in [0.2, 0.25) is 29.5 Å². The van der Waals surface area contributed by atoms with Gasteiger partial charge in [-0.15, -0.1) is 0 Å². The molecule has 68 heavy (non-hydrogen) atoms. The summed E-state index contributed by atoms with van der Waals surface area (Å²) in [6, 6.07) is 12.3. The molecule has 4 bridgehead atoms. The van der Waals surface area contributed by atoms with Gasteiger partial charge in [-0.05, 0) is 85.7 Å². The summed E-state index contributed by atoms with van der Waals surface area (Å²) in [4.78, 5) is 84.9. The largest absolute Gasteiger partial charge is 0.492 e. The SMILES string of the molecule is CCCCCCCCc1ccc(C(=O)NC(CCC(=O)NCCO)C(=O)N(C)C2C(=O)NC(C)C(=O)NC(C(=O)NCC#N)Cc3ccc(OCCN)c(c3)-c3cc2ccc3OCCN)c(C)c1. The Morgan fingerprint density at radius 2 is 1.57 bits per heavy atom. The summed E-state index contributed by atoms with van der Waals surface area (Å²) in [6.07, 6.45) is 7.38. The van der Waals surface area contributed by atoms with Crippen molar-refractivity contribution in [3.05, 3.63) is 82.4 Å². The smallest absolute Gasteiger partial charge is 0.252 e. The molecule has 0 aromatic heterocycles. The molecular weight excluding hydrogens is 871 g/mol. The van der Waals surface area contributed by atoms with Crippen molar-refractivity contribution in [2.24, 2.45) is 11.5 Å². The van der Waals surface area contributed by atoms with Gasteiger partial charge >= 0.3 is 0 Å². The summed E-state index contributed by atoms with van der Waals surface area (Å²) >= 11 is 0. The molecule has 18 heteroatoms. The number of benzene rings is 3. The highest BCUT2D eigenvalue weighted by Crippen LogP contribution is 2.40. The molecule has 0 saturated heterocycles. The zero-order chi connectivity index (χ0) is 49.6. The molecular formula is C50H69N9O9. The molecule has 0 fully saturated rings. The van der Waals surface area contributed by atoms with Gasteiger partial charge in [-0.1, -0.05) is 63.3 Å². The molecule has 18 nitrogen and oxygen atoms in total. The van der Waals surface area contributed by atoms with E-state index in [0.29, 0.717) is 39.3 Å². The molecule has 1 aliphatic heterocycles. The summed E-state index contributed by atoms with van der Waals surface area (Å²) in [6.45, 7) is 5.41. The number of aliphatic hydroxyl groups excluding tert-OH is 1. The number of likely N-dealkylation sites (N-methyl/N-ethyl adjacent to an activating group) is 1. The van der Waals surface area contributed by atoms with E-state index in [4.69, 9.17) is 20.9 Å². The second-order valence-electron chi connectivity index (χ2n) is 16.9. The lowest BCUT2D eigenvalue weighted by molar-refractivity contribution is -0.142. The van der Waals surface area contributed by atoms with Crippen molar-refractivity contribution in [2.75, 3.05) is 53.0 Å². The number of carbonyl (C=O) groups excluding carboxylic acids is 6.